The maximum atomic E-state index is 11.7. The summed E-state index contributed by atoms with van der Waals surface area (Å²) >= 11 is 3.14. The van der Waals surface area contributed by atoms with Crippen molar-refractivity contribution < 1.29 is 15.0 Å². The van der Waals surface area contributed by atoms with Gasteiger partial charge in [-0.05, 0) is 27.6 Å². The highest BCUT2D eigenvalue weighted by Crippen LogP contribution is 2.30. The van der Waals surface area contributed by atoms with Crippen LogP contribution in [-0.4, -0.2) is 22.3 Å². The lowest BCUT2D eigenvalue weighted by Gasteiger charge is -2.03. The minimum absolute atomic E-state index is 0.0715. The molecule has 21 heavy (non-hydrogen) atoms. The van der Waals surface area contributed by atoms with Crippen molar-refractivity contribution >= 4 is 28.1 Å². The number of phenolic OH excluding ortho intramolecular Hbond substituents is 2. The summed E-state index contributed by atoms with van der Waals surface area (Å²) < 4.78 is 0.428. The number of rotatable bonds is 4. The van der Waals surface area contributed by atoms with Crippen LogP contribution < -0.4 is 5.43 Å². The first-order chi connectivity index (χ1) is 10.1. The minimum Gasteiger partial charge on any atom is -0.507 e. The highest BCUT2D eigenvalue weighted by molar-refractivity contribution is 9.10. The molecule has 1 amide bonds. The van der Waals surface area contributed by atoms with E-state index in [1.807, 2.05) is 30.3 Å². The third kappa shape index (κ3) is 4.32. The van der Waals surface area contributed by atoms with Crippen molar-refractivity contribution in [3.05, 3.63) is 58.1 Å². The normalized spacial score (nSPS) is 10.7. The lowest BCUT2D eigenvalue weighted by Crippen LogP contribution is -2.19. The van der Waals surface area contributed by atoms with Gasteiger partial charge in [0.05, 0.1) is 17.1 Å². The second kappa shape index (κ2) is 6.90. The number of nitrogens with one attached hydrogen (secondary N) is 1. The number of benzene rings is 2. The van der Waals surface area contributed by atoms with Gasteiger partial charge in [0, 0.05) is 11.6 Å². The van der Waals surface area contributed by atoms with Gasteiger partial charge in [0.1, 0.15) is 11.5 Å². The summed E-state index contributed by atoms with van der Waals surface area (Å²) in [5.41, 5.74) is 3.65. The number of aromatic hydroxyl groups is 2. The van der Waals surface area contributed by atoms with Gasteiger partial charge in [-0.3, -0.25) is 4.79 Å². The van der Waals surface area contributed by atoms with Crippen molar-refractivity contribution in [2.75, 3.05) is 0 Å². The monoisotopic (exact) mass is 348 g/mol. The maximum Gasteiger partial charge on any atom is 0.244 e. The number of phenols is 2. The fourth-order valence-electron chi connectivity index (χ4n) is 1.66. The fourth-order valence-corrected chi connectivity index (χ4v) is 2.03. The molecule has 108 valence electrons. The first-order valence-corrected chi connectivity index (χ1v) is 6.93. The molecular formula is C15H13BrN2O3. The molecule has 0 aromatic heterocycles. The molecule has 0 saturated carbocycles. The molecule has 5 nitrogen and oxygen atoms in total. The molecular weight excluding hydrogens is 336 g/mol. The Morgan fingerprint density at radius 2 is 1.90 bits per heavy atom. The van der Waals surface area contributed by atoms with Crippen molar-refractivity contribution in [2.45, 2.75) is 6.42 Å². The van der Waals surface area contributed by atoms with Crippen LogP contribution in [0.25, 0.3) is 0 Å². The standard InChI is InChI=1S/C15H13BrN2O3/c16-12-7-11(13(19)8-14(12)20)9-17-18-15(21)6-10-4-2-1-3-5-10/h1-5,7-9,19-20H,6H2,(H,18,21)/b17-9+. The Morgan fingerprint density at radius 3 is 2.62 bits per heavy atom. The third-order valence-electron chi connectivity index (χ3n) is 2.70. The van der Waals surface area contributed by atoms with Crippen molar-refractivity contribution in [3.8, 4) is 11.5 Å². The number of halogens is 1. The smallest absolute Gasteiger partial charge is 0.244 e. The summed E-state index contributed by atoms with van der Waals surface area (Å²) in [6.45, 7) is 0. The van der Waals surface area contributed by atoms with Gasteiger partial charge in [0.15, 0.2) is 0 Å². The zero-order valence-corrected chi connectivity index (χ0v) is 12.5. The highest BCUT2D eigenvalue weighted by atomic mass is 79.9. The van der Waals surface area contributed by atoms with Crippen molar-refractivity contribution in [1.29, 1.82) is 0 Å². The summed E-state index contributed by atoms with van der Waals surface area (Å²) in [5.74, 6) is -0.454. The van der Waals surface area contributed by atoms with Gasteiger partial charge in [-0.1, -0.05) is 30.3 Å². The molecule has 0 aliphatic heterocycles. The molecule has 0 spiro atoms. The molecule has 2 rings (SSSR count). The number of carbonyl (C=O) groups is 1. The van der Waals surface area contributed by atoms with Gasteiger partial charge in [-0.2, -0.15) is 5.10 Å². The summed E-state index contributed by atoms with van der Waals surface area (Å²) in [6, 6.07) is 12.0. The van der Waals surface area contributed by atoms with Gasteiger partial charge in [0.2, 0.25) is 5.91 Å². The van der Waals surface area contributed by atoms with E-state index in [4.69, 9.17) is 0 Å². The van der Waals surface area contributed by atoms with E-state index in [0.29, 0.717) is 10.0 Å². The Kier molecular flexibility index (Phi) is 4.94. The fraction of sp³-hybridized carbons (Fsp3) is 0.0667. The van der Waals surface area contributed by atoms with E-state index in [0.717, 1.165) is 5.56 Å². The van der Waals surface area contributed by atoms with E-state index in [-0.39, 0.29) is 23.8 Å². The summed E-state index contributed by atoms with van der Waals surface area (Å²) in [7, 11) is 0. The molecule has 6 heteroatoms. The number of amides is 1. The number of carbonyl (C=O) groups excluding carboxylic acids is 1. The molecule has 0 radical (unpaired) electrons. The van der Waals surface area contributed by atoms with Crippen LogP contribution in [0.5, 0.6) is 11.5 Å². The SMILES string of the molecule is O=C(Cc1ccccc1)N/N=C/c1cc(Br)c(O)cc1O. The van der Waals surface area contributed by atoms with Gasteiger partial charge < -0.3 is 10.2 Å². The van der Waals surface area contributed by atoms with Crippen LogP contribution in [0, 0.1) is 0 Å². The Labute approximate surface area is 130 Å². The summed E-state index contributed by atoms with van der Waals surface area (Å²) in [6.07, 6.45) is 1.53. The van der Waals surface area contributed by atoms with E-state index in [1.165, 1.54) is 18.3 Å². The number of hydrazone groups is 1. The molecule has 0 atom stereocenters. The van der Waals surface area contributed by atoms with Crippen LogP contribution in [0.15, 0.2) is 52.0 Å². The van der Waals surface area contributed by atoms with E-state index in [1.54, 1.807) is 0 Å². The lowest BCUT2D eigenvalue weighted by molar-refractivity contribution is -0.120. The van der Waals surface area contributed by atoms with Crippen LogP contribution in [0.3, 0.4) is 0 Å². The minimum atomic E-state index is -0.255. The molecule has 0 aliphatic rings. The second-order valence-corrected chi connectivity index (χ2v) is 5.17. The predicted molar refractivity (Wildman–Crippen MR) is 83.4 cm³/mol. The van der Waals surface area contributed by atoms with E-state index >= 15 is 0 Å². The quantitative estimate of drug-likeness (QED) is 0.586. The third-order valence-corrected chi connectivity index (χ3v) is 3.33. The van der Waals surface area contributed by atoms with Gasteiger partial charge in [-0.15, -0.1) is 0 Å². The van der Waals surface area contributed by atoms with Crippen molar-refractivity contribution in [1.82, 2.24) is 5.43 Å². The van der Waals surface area contributed by atoms with E-state index in [2.05, 4.69) is 26.5 Å². The van der Waals surface area contributed by atoms with Crippen LogP contribution in [0.2, 0.25) is 0 Å². The first-order valence-electron chi connectivity index (χ1n) is 6.13. The Morgan fingerprint density at radius 1 is 1.19 bits per heavy atom. The average Bonchev–Trinajstić information content (AvgIpc) is 2.45. The van der Waals surface area contributed by atoms with E-state index < -0.39 is 0 Å². The second-order valence-electron chi connectivity index (χ2n) is 4.32. The average molecular weight is 349 g/mol. The highest BCUT2D eigenvalue weighted by Gasteiger charge is 2.05. The van der Waals surface area contributed by atoms with Crippen molar-refractivity contribution in [3.63, 3.8) is 0 Å². The van der Waals surface area contributed by atoms with Crippen LogP contribution in [0.4, 0.5) is 0 Å². The maximum absolute atomic E-state index is 11.7. The molecule has 0 bridgehead atoms. The molecule has 0 heterocycles. The molecule has 0 fully saturated rings. The Bertz CT molecular complexity index is 672. The lowest BCUT2D eigenvalue weighted by atomic mass is 10.1. The number of hydrogen-bond acceptors (Lipinski definition) is 4. The molecule has 0 unspecified atom stereocenters. The molecule has 2 aromatic carbocycles. The van der Waals surface area contributed by atoms with E-state index in [9.17, 15) is 15.0 Å². The summed E-state index contributed by atoms with van der Waals surface area (Å²) in [5, 5.41) is 22.8. The van der Waals surface area contributed by atoms with Gasteiger partial charge in [0.25, 0.3) is 0 Å². The largest absolute Gasteiger partial charge is 0.507 e. The van der Waals surface area contributed by atoms with Gasteiger partial charge in [-0.25, -0.2) is 5.43 Å². The summed E-state index contributed by atoms with van der Waals surface area (Å²) in [4.78, 5) is 11.7. The Hall–Kier alpha value is -2.34. The van der Waals surface area contributed by atoms with Crippen molar-refractivity contribution in [2.24, 2.45) is 5.10 Å². The molecule has 3 N–H and O–H groups in total. The van der Waals surface area contributed by atoms with Gasteiger partial charge >= 0.3 is 0 Å². The molecule has 0 aliphatic carbocycles. The van der Waals surface area contributed by atoms with Crippen LogP contribution in [0.1, 0.15) is 11.1 Å². The topological polar surface area (TPSA) is 81.9 Å². The van der Waals surface area contributed by atoms with Crippen LogP contribution in [-0.2, 0) is 11.2 Å². The number of hydrogen-bond donors (Lipinski definition) is 3. The molecule has 0 saturated heterocycles. The number of nitrogens with zero attached hydrogens (tertiary/aromatic N) is 1. The van der Waals surface area contributed by atoms with Crippen LogP contribution >= 0.6 is 15.9 Å². The molecule has 2 aromatic rings. The Balaban J connectivity index is 1.96. The zero-order chi connectivity index (χ0) is 15.2. The zero-order valence-electron chi connectivity index (χ0n) is 11.0. The first kappa shape index (κ1) is 15.1. The predicted octanol–water partition coefficient (Wildman–Crippen LogP) is 2.55.